The Kier molecular flexibility index (Phi) is 5.33. The number of aryl methyl sites for hydroxylation is 2. The van der Waals surface area contributed by atoms with Crippen LogP contribution in [0.3, 0.4) is 0 Å². The monoisotopic (exact) mass is 415 g/mol. The van der Waals surface area contributed by atoms with Crippen molar-refractivity contribution < 1.29 is 17.6 Å². The topological polar surface area (TPSA) is 143 Å². The van der Waals surface area contributed by atoms with Gasteiger partial charge in [-0.2, -0.15) is 18.2 Å². The van der Waals surface area contributed by atoms with Crippen molar-refractivity contribution >= 4 is 27.5 Å². The van der Waals surface area contributed by atoms with E-state index in [1.807, 2.05) is 6.92 Å². The van der Waals surface area contributed by atoms with E-state index in [4.69, 9.17) is 10.0 Å². The van der Waals surface area contributed by atoms with Crippen LogP contribution < -0.4 is 5.73 Å². The zero-order valence-corrected chi connectivity index (χ0v) is 16.3. The van der Waals surface area contributed by atoms with Crippen LogP contribution in [0, 0.1) is 24.0 Å². The third kappa shape index (κ3) is 4.41. The molecule has 0 radical (unpaired) electrons. The second kappa shape index (κ2) is 7.72. The predicted octanol–water partition coefficient (Wildman–Crippen LogP) is 2.61. The molecule has 0 atom stereocenters. The van der Waals surface area contributed by atoms with Crippen LogP contribution in [0.25, 0.3) is 0 Å². The van der Waals surface area contributed by atoms with Crippen molar-refractivity contribution in [3.05, 3.63) is 81.5 Å². The third-order valence-electron chi connectivity index (χ3n) is 3.91. The number of aromatic nitrogens is 2. The Morgan fingerprint density at radius 3 is 2.45 bits per heavy atom. The van der Waals surface area contributed by atoms with E-state index < -0.39 is 15.0 Å². The molecule has 1 heterocycles. The molecule has 0 aliphatic heterocycles. The highest BCUT2D eigenvalue weighted by molar-refractivity contribution is 7.86. The molecule has 1 aromatic heterocycles. The molecular formula is C18H17N5O5S. The van der Waals surface area contributed by atoms with Crippen LogP contribution in [0.2, 0.25) is 0 Å². The quantitative estimate of drug-likeness (QED) is 0.292. The first-order valence-electron chi connectivity index (χ1n) is 8.33. The molecular weight excluding hydrogens is 398 g/mol. The van der Waals surface area contributed by atoms with Crippen molar-refractivity contribution in [1.82, 2.24) is 9.78 Å². The Labute approximate surface area is 166 Å². The summed E-state index contributed by atoms with van der Waals surface area (Å²) < 4.78 is 31.0. The van der Waals surface area contributed by atoms with Crippen LogP contribution >= 0.6 is 0 Å². The van der Waals surface area contributed by atoms with Crippen molar-refractivity contribution in [2.45, 2.75) is 18.7 Å². The van der Waals surface area contributed by atoms with Gasteiger partial charge >= 0.3 is 10.1 Å². The van der Waals surface area contributed by atoms with E-state index in [9.17, 15) is 18.5 Å². The number of nitrogen functional groups attached to an aromatic ring is 1. The van der Waals surface area contributed by atoms with Gasteiger partial charge in [-0.15, -0.1) is 0 Å². The van der Waals surface area contributed by atoms with Crippen LogP contribution in [0.1, 0.15) is 16.8 Å². The molecule has 2 aromatic carbocycles. The van der Waals surface area contributed by atoms with Crippen molar-refractivity contribution in [3.8, 4) is 0 Å². The lowest BCUT2D eigenvalue weighted by molar-refractivity contribution is -0.384. The number of hydrogen-bond donors (Lipinski definition) is 1. The molecule has 29 heavy (non-hydrogen) atoms. The smallest absolute Gasteiger partial charge is 0.358 e. The summed E-state index contributed by atoms with van der Waals surface area (Å²) in [6.45, 7) is 3.50. The molecule has 3 rings (SSSR count). The maximum Gasteiger partial charge on any atom is 0.358 e. The van der Waals surface area contributed by atoms with Gasteiger partial charge in [0.2, 0.25) is 5.84 Å². The van der Waals surface area contributed by atoms with Crippen molar-refractivity contribution in [3.63, 3.8) is 0 Å². The number of nitrogens with zero attached hydrogens (tertiary/aromatic N) is 4. The van der Waals surface area contributed by atoms with E-state index >= 15 is 0 Å². The fourth-order valence-electron chi connectivity index (χ4n) is 2.49. The molecule has 0 spiro atoms. The SMILES string of the molecule is Cc1ccc(S(=O)(=O)O/N=C(\c2cccc([N+](=O)[O-])c2)n2nc(C)cc2N)cc1. The standard InChI is InChI=1S/C18H17N5O5S/c1-12-6-8-16(9-7-12)29(26,27)28-21-18(22-17(19)10-13(2)20-22)14-4-3-5-15(11-14)23(24)25/h3-11H,19H2,1-2H3/b21-18+. The zero-order chi connectivity index (χ0) is 21.2. The van der Waals surface area contributed by atoms with E-state index in [0.29, 0.717) is 5.69 Å². The summed E-state index contributed by atoms with van der Waals surface area (Å²) in [5, 5.41) is 19.0. The fraction of sp³-hybridized carbons (Fsp3) is 0.111. The maximum atomic E-state index is 12.5. The lowest BCUT2D eigenvalue weighted by Crippen LogP contribution is -2.19. The van der Waals surface area contributed by atoms with Crippen LogP contribution in [-0.2, 0) is 14.4 Å². The Bertz CT molecular complexity index is 1200. The number of nitro groups is 1. The molecule has 0 amide bonds. The fourth-order valence-corrected chi connectivity index (χ4v) is 3.22. The first kappa shape index (κ1) is 20.0. The highest BCUT2D eigenvalue weighted by Gasteiger charge is 2.20. The van der Waals surface area contributed by atoms with Gasteiger partial charge in [-0.1, -0.05) is 29.8 Å². The lowest BCUT2D eigenvalue weighted by Gasteiger charge is -2.09. The summed E-state index contributed by atoms with van der Waals surface area (Å²) in [6.07, 6.45) is 0. The van der Waals surface area contributed by atoms with Crippen molar-refractivity contribution in [1.29, 1.82) is 0 Å². The third-order valence-corrected chi connectivity index (χ3v) is 5.03. The largest absolute Gasteiger partial charge is 0.384 e. The van der Waals surface area contributed by atoms with E-state index in [-0.39, 0.29) is 27.8 Å². The van der Waals surface area contributed by atoms with Gasteiger partial charge in [-0.3, -0.25) is 14.4 Å². The first-order valence-corrected chi connectivity index (χ1v) is 9.74. The Hall–Kier alpha value is -3.73. The van der Waals surface area contributed by atoms with Gasteiger partial charge in [0, 0.05) is 23.8 Å². The number of nitrogens with two attached hydrogens (primary N) is 1. The predicted molar refractivity (Wildman–Crippen MR) is 106 cm³/mol. The number of anilines is 1. The van der Waals surface area contributed by atoms with Gasteiger partial charge in [-0.25, -0.2) is 0 Å². The van der Waals surface area contributed by atoms with Crippen LogP contribution in [0.15, 0.2) is 64.6 Å². The summed E-state index contributed by atoms with van der Waals surface area (Å²) in [4.78, 5) is 10.4. The van der Waals surface area contributed by atoms with Crippen LogP contribution in [0.5, 0.6) is 0 Å². The molecule has 2 N–H and O–H groups in total. The molecule has 0 unspecified atom stereocenters. The first-order chi connectivity index (χ1) is 13.7. The number of non-ortho nitro benzene ring substituents is 1. The Morgan fingerprint density at radius 2 is 1.86 bits per heavy atom. The average molecular weight is 415 g/mol. The molecule has 0 bridgehead atoms. The molecule has 10 nitrogen and oxygen atoms in total. The lowest BCUT2D eigenvalue weighted by atomic mass is 10.2. The van der Waals surface area contributed by atoms with Gasteiger partial charge in [0.1, 0.15) is 10.7 Å². The molecule has 0 saturated heterocycles. The summed E-state index contributed by atoms with van der Waals surface area (Å²) in [6, 6.07) is 13.0. The van der Waals surface area contributed by atoms with Crippen molar-refractivity contribution in [2.75, 3.05) is 5.73 Å². The molecule has 11 heteroatoms. The number of benzene rings is 2. The number of oxime groups is 1. The highest BCUT2D eigenvalue weighted by atomic mass is 32.2. The molecule has 0 aliphatic carbocycles. The number of rotatable bonds is 5. The maximum absolute atomic E-state index is 12.5. The number of hydrogen-bond acceptors (Lipinski definition) is 8. The van der Waals surface area contributed by atoms with E-state index in [1.165, 1.54) is 36.4 Å². The van der Waals surface area contributed by atoms with Gasteiger partial charge < -0.3 is 5.73 Å². The number of nitro benzene ring substituents is 1. The van der Waals surface area contributed by atoms with Gasteiger partial charge in [0.25, 0.3) is 5.69 Å². The van der Waals surface area contributed by atoms with Gasteiger partial charge in [0.15, 0.2) is 0 Å². The normalized spacial score (nSPS) is 12.0. The second-order valence-electron chi connectivity index (χ2n) is 6.19. The molecule has 3 aromatic rings. The molecule has 0 aliphatic rings. The highest BCUT2D eigenvalue weighted by Crippen LogP contribution is 2.19. The summed E-state index contributed by atoms with van der Waals surface area (Å²) in [5.74, 6) is 0.0408. The zero-order valence-electron chi connectivity index (χ0n) is 15.5. The molecule has 150 valence electrons. The molecule has 0 fully saturated rings. The summed E-state index contributed by atoms with van der Waals surface area (Å²) in [5.41, 5.74) is 7.34. The minimum atomic E-state index is -4.22. The Morgan fingerprint density at radius 1 is 1.17 bits per heavy atom. The van der Waals surface area contributed by atoms with Crippen LogP contribution in [-0.4, -0.2) is 29.0 Å². The minimum absolute atomic E-state index is 0.0881. The van der Waals surface area contributed by atoms with E-state index in [1.54, 1.807) is 25.1 Å². The van der Waals surface area contributed by atoms with Gasteiger partial charge in [-0.05, 0) is 31.1 Å². The second-order valence-corrected chi connectivity index (χ2v) is 7.72. The van der Waals surface area contributed by atoms with Crippen LogP contribution in [0.4, 0.5) is 11.5 Å². The Balaban J connectivity index is 2.08. The van der Waals surface area contributed by atoms with Gasteiger partial charge in [0.05, 0.1) is 10.6 Å². The van der Waals surface area contributed by atoms with E-state index in [2.05, 4.69) is 10.3 Å². The minimum Gasteiger partial charge on any atom is -0.384 e. The molecule has 0 saturated carbocycles. The van der Waals surface area contributed by atoms with E-state index in [0.717, 1.165) is 10.2 Å². The van der Waals surface area contributed by atoms with Crippen molar-refractivity contribution in [2.24, 2.45) is 5.16 Å². The summed E-state index contributed by atoms with van der Waals surface area (Å²) in [7, 11) is -4.22. The average Bonchev–Trinajstić information content (AvgIpc) is 3.00. The summed E-state index contributed by atoms with van der Waals surface area (Å²) >= 11 is 0.